The van der Waals surface area contributed by atoms with Crippen molar-refractivity contribution in [3.05, 3.63) is 35.6 Å². The third-order valence-corrected chi connectivity index (χ3v) is 1.76. The molecule has 0 unspecified atom stereocenters. The Hall–Kier alpha value is -1.93. The highest BCUT2D eigenvalue weighted by Crippen LogP contribution is 2.07. The molecule has 0 aliphatic heterocycles. The molecule has 0 atom stereocenters. The van der Waals surface area contributed by atoms with E-state index in [9.17, 15) is 0 Å². The van der Waals surface area contributed by atoms with Crippen LogP contribution in [0.1, 0.15) is 5.82 Å². The zero-order valence-corrected chi connectivity index (χ0v) is 7.68. The largest absolute Gasteiger partial charge is 0.259 e. The SMILES string of the molecule is N#Cc1nccn1-c1ncc(Cl)cn1. The van der Waals surface area contributed by atoms with Crippen LogP contribution in [0.4, 0.5) is 0 Å². The monoisotopic (exact) mass is 205 g/mol. The molecule has 0 saturated heterocycles. The lowest BCUT2D eigenvalue weighted by atomic mass is 10.6. The van der Waals surface area contributed by atoms with E-state index < -0.39 is 0 Å². The molecule has 2 aromatic rings. The molecule has 68 valence electrons. The molecular formula is C8H4ClN5. The summed E-state index contributed by atoms with van der Waals surface area (Å²) < 4.78 is 1.48. The molecule has 0 aromatic carbocycles. The third kappa shape index (κ3) is 1.43. The van der Waals surface area contributed by atoms with Gasteiger partial charge < -0.3 is 0 Å². The van der Waals surface area contributed by atoms with Gasteiger partial charge in [-0.25, -0.2) is 15.0 Å². The summed E-state index contributed by atoms with van der Waals surface area (Å²) in [4.78, 5) is 11.7. The Labute approximate surface area is 84.6 Å². The molecule has 14 heavy (non-hydrogen) atoms. The van der Waals surface area contributed by atoms with Crippen LogP contribution in [0, 0.1) is 11.3 Å². The Balaban J connectivity index is 2.50. The van der Waals surface area contributed by atoms with Crippen molar-refractivity contribution in [2.45, 2.75) is 0 Å². The van der Waals surface area contributed by atoms with Crippen LogP contribution in [0.25, 0.3) is 5.95 Å². The van der Waals surface area contributed by atoms with Gasteiger partial charge in [0, 0.05) is 12.4 Å². The van der Waals surface area contributed by atoms with E-state index in [-0.39, 0.29) is 5.82 Å². The lowest BCUT2D eigenvalue weighted by molar-refractivity contribution is 0.908. The average molecular weight is 206 g/mol. The number of halogens is 1. The first-order valence-corrected chi connectivity index (χ1v) is 4.10. The lowest BCUT2D eigenvalue weighted by Gasteiger charge is -1.99. The van der Waals surface area contributed by atoms with E-state index in [4.69, 9.17) is 16.9 Å². The van der Waals surface area contributed by atoms with Crippen molar-refractivity contribution < 1.29 is 0 Å². The fourth-order valence-corrected chi connectivity index (χ4v) is 1.07. The summed E-state index contributed by atoms with van der Waals surface area (Å²) in [6, 6.07) is 1.93. The van der Waals surface area contributed by atoms with Crippen LogP contribution in [-0.2, 0) is 0 Å². The molecule has 2 aromatic heterocycles. The van der Waals surface area contributed by atoms with Crippen LogP contribution in [0.5, 0.6) is 0 Å². The van der Waals surface area contributed by atoms with Crippen molar-refractivity contribution in [2.75, 3.05) is 0 Å². The number of nitrogens with zero attached hydrogens (tertiary/aromatic N) is 5. The second-order valence-electron chi connectivity index (χ2n) is 2.43. The molecule has 5 nitrogen and oxygen atoms in total. The zero-order valence-electron chi connectivity index (χ0n) is 6.92. The molecule has 0 aliphatic carbocycles. The predicted octanol–water partition coefficient (Wildman–Crippen LogP) is 1.19. The summed E-state index contributed by atoms with van der Waals surface area (Å²) in [6.07, 6.45) is 6.05. The molecule has 2 heterocycles. The Morgan fingerprint density at radius 2 is 2.00 bits per heavy atom. The fraction of sp³-hybridized carbons (Fsp3) is 0. The van der Waals surface area contributed by atoms with E-state index in [0.29, 0.717) is 11.0 Å². The van der Waals surface area contributed by atoms with Crippen molar-refractivity contribution >= 4 is 11.6 Å². The summed E-state index contributed by atoms with van der Waals surface area (Å²) >= 11 is 5.63. The smallest absolute Gasteiger partial charge is 0.235 e. The van der Waals surface area contributed by atoms with Gasteiger partial charge in [0.2, 0.25) is 11.8 Å². The Morgan fingerprint density at radius 1 is 1.29 bits per heavy atom. The first-order chi connectivity index (χ1) is 6.81. The Bertz CT molecular complexity index is 481. The lowest BCUT2D eigenvalue weighted by Crippen LogP contribution is -2.01. The minimum atomic E-state index is 0.243. The molecule has 0 aliphatic rings. The molecule has 0 amide bonds. The second kappa shape index (κ2) is 3.44. The highest BCUT2D eigenvalue weighted by Gasteiger charge is 2.05. The van der Waals surface area contributed by atoms with Gasteiger partial charge in [-0.1, -0.05) is 11.6 Å². The number of rotatable bonds is 1. The maximum absolute atomic E-state index is 8.71. The van der Waals surface area contributed by atoms with Crippen LogP contribution in [0.3, 0.4) is 0 Å². The quantitative estimate of drug-likeness (QED) is 0.701. The molecule has 0 N–H and O–H groups in total. The van der Waals surface area contributed by atoms with E-state index in [0.717, 1.165) is 0 Å². The highest BCUT2D eigenvalue weighted by molar-refractivity contribution is 6.30. The van der Waals surface area contributed by atoms with Crippen molar-refractivity contribution in [3.63, 3.8) is 0 Å². The van der Waals surface area contributed by atoms with Gasteiger partial charge in [-0.3, -0.25) is 4.57 Å². The van der Waals surface area contributed by atoms with E-state index in [1.165, 1.54) is 23.2 Å². The fourth-order valence-electron chi connectivity index (χ4n) is 0.977. The highest BCUT2D eigenvalue weighted by atomic mass is 35.5. The Kier molecular flexibility index (Phi) is 2.13. The van der Waals surface area contributed by atoms with Crippen LogP contribution >= 0.6 is 11.6 Å². The number of hydrogen-bond acceptors (Lipinski definition) is 4. The van der Waals surface area contributed by atoms with Crippen molar-refractivity contribution in [1.82, 2.24) is 19.5 Å². The normalized spacial score (nSPS) is 9.71. The van der Waals surface area contributed by atoms with E-state index in [2.05, 4.69) is 15.0 Å². The van der Waals surface area contributed by atoms with Gasteiger partial charge in [-0.05, 0) is 0 Å². The molecule has 0 radical (unpaired) electrons. The van der Waals surface area contributed by atoms with Crippen molar-refractivity contribution in [2.24, 2.45) is 0 Å². The van der Waals surface area contributed by atoms with E-state index >= 15 is 0 Å². The van der Waals surface area contributed by atoms with Crippen LogP contribution in [0.2, 0.25) is 5.02 Å². The molecule has 6 heteroatoms. The minimum Gasteiger partial charge on any atom is -0.259 e. The molecule has 0 bridgehead atoms. The van der Waals surface area contributed by atoms with Crippen molar-refractivity contribution in [3.8, 4) is 12.0 Å². The summed E-state index contributed by atoms with van der Waals surface area (Å²) in [5, 5.41) is 9.16. The summed E-state index contributed by atoms with van der Waals surface area (Å²) in [5.41, 5.74) is 0. The molecule has 0 saturated carbocycles. The van der Waals surface area contributed by atoms with Gasteiger partial charge in [0.05, 0.1) is 17.4 Å². The molecule has 0 spiro atoms. The van der Waals surface area contributed by atoms with Gasteiger partial charge in [-0.2, -0.15) is 5.26 Å². The van der Waals surface area contributed by atoms with Crippen LogP contribution in [-0.4, -0.2) is 19.5 Å². The molecule has 0 fully saturated rings. The minimum absolute atomic E-state index is 0.243. The number of imidazole rings is 1. The summed E-state index contributed by atoms with van der Waals surface area (Å²) in [7, 11) is 0. The van der Waals surface area contributed by atoms with Crippen molar-refractivity contribution in [1.29, 1.82) is 5.26 Å². The van der Waals surface area contributed by atoms with Crippen LogP contribution < -0.4 is 0 Å². The Morgan fingerprint density at radius 3 is 2.64 bits per heavy atom. The zero-order chi connectivity index (χ0) is 9.97. The average Bonchev–Trinajstić information content (AvgIpc) is 2.67. The maximum Gasteiger partial charge on any atom is 0.235 e. The standard InChI is InChI=1S/C8H4ClN5/c9-6-4-12-8(13-5-6)14-2-1-11-7(14)3-10/h1-2,4-5H. The number of hydrogen-bond donors (Lipinski definition) is 0. The van der Waals surface area contributed by atoms with Gasteiger partial charge >= 0.3 is 0 Å². The van der Waals surface area contributed by atoms with E-state index in [1.54, 1.807) is 6.20 Å². The molecular weight excluding hydrogens is 202 g/mol. The van der Waals surface area contributed by atoms with E-state index in [1.807, 2.05) is 6.07 Å². The first-order valence-electron chi connectivity index (χ1n) is 3.72. The number of aromatic nitrogens is 4. The van der Waals surface area contributed by atoms with Gasteiger partial charge in [-0.15, -0.1) is 0 Å². The van der Waals surface area contributed by atoms with Gasteiger partial charge in [0.25, 0.3) is 0 Å². The number of nitriles is 1. The maximum atomic E-state index is 8.71. The summed E-state index contributed by atoms with van der Waals surface area (Å²) in [6.45, 7) is 0. The molecule has 2 rings (SSSR count). The second-order valence-corrected chi connectivity index (χ2v) is 2.87. The first kappa shape index (κ1) is 8.66. The van der Waals surface area contributed by atoms with Crippen LogP contribution in [0.15, 0.2) is 24.8 Å². The third-order valence-electron chi connectivity index (χ3n) is 1.56. The topological polar surface area (TPSA) is 67.4 Å². The van der Waals surface area contributed by atoms with Gasteiger partial charge in [0.15, 0.2) is 0 Å². The van der Waals surface area contributed by atoms with Gasteiger partial charge in [0.1, 0.15) is 6.07 Å². The summed E-state index contributed by atoms with van der Waals surface area (Å²) in [5.74, 6) is 0.621. The predicted molar refractivity (Wildman–Crippen MR) is 48.9 cm³/mol.